The number of anilines is 2. The average Bonchev–Trinajstić information content (AvgIpc) is 2.83. The lowest BCUT2D eigenvalue weighted by Gasteiger charge is -2.38. The molecule has 1 aromatic carbocycles. The van der Waals surface area contributed by atoms with Gasteiger partial charge < -0.3 is 15.4 Å². The van der Waals surface area contributed by atoms with Crippen molar-refractivity contribution in [3.05, 3.63) is 27.8 Å². The zero-order chi connectivity index (χ0) is 20.1. The van der Waals surface area contributed by atoms with Gasteiger partial charge in [-0.3, -0.25) is 10.1 Å². The molecule has 0 bridgehead atoms. The van der Waals surface area contributed by atoms with Gasteiger partial charge in [0.1, 0.15) is 5.69 Å². The number of ether oxygens (including phenoxy) is 1. The standard InChI is InChI=1S/C13H12F7N3O3/c1-5(2)26-13(11(16,17)10(14)15)21-7-3-6(12(18,19)20)4-8(23(24)25)9(7)22-13/h3-5,10,21-22H,1-2H3. The summed E-state index contributed by atoms with van der Waals surface area (Å²) in [5.41, 5.74) is -4.36. The minimum atomic E-state index is -5.03. The Kier molecular flexibility index (Phi) is 4.73. The van der Waals surface area contributed by atoms with Crippen molar-refractivity contribution < 1.29 is 40.4 Å². The van der Waals surface area contributed by atoms with Crippen LogP contribution >= 0.6 is 0 Å². The number of nitro benzene ring substituents is 1. The van der Waals surface area contributed by atoms with Crippen LogP contribution in [0.1, 0.15) is 19.4 Å². The van der Waals surface area contributed by atoms with Crippen LogP contribution in [0.2, 0.25) is 0 Å². The summed E-state index contributed by atoms with van der Waals surface area (Å²) < 4.78 is 97.5. The predicted octanol–water partition coefficient (Wildman–Crippen LogP) is 4.43. The average molecular weight is 391 g/mol. The maximum atomic E-state index is 14.1. The number of rotatable bonds is 5. The third-order valence-corrected chi connectivity index (χ3v) is 3.41. The first-order valence-electron chi connectivity index (χ1n) is 7.01. The lowest BCUT2D eigenvalue weighted by Crippen LogP contribution is -2.63. The second kappa shape index (κ2) is 6.14. The van der Waals surface area contributed by atoms with E-state index in [9.17, 15) is 40.8 Å². The van der Waals surface area contributed by atoms with Crippen molar-refractivity contribution in [2.75, 3.05) is 10.6 Å². The van der Waals surface area contributed by atoms with Crippen LogP contribution in [0.15, 0.2) is 12.1 Å². The normalized spacial score (nSPS) is 20.1. The molecule has 0 fully saturated rings. The summed E-state index contributed by atoms with van der Waals surface area (Å²) in [6.07, 6.45) is -10.4. The Bertz CT molecular complexity index is 724. The molecule has 1 unspecified atom stereocenters. The number of benzene rings is 1. The number of nitro groups is 1. The first-order valence-corrected chi connectivity index (χ1v) is 7.01. The molecule has 26 heavy (non-hydrogen) atoms. The van der Waals surface area contributed by atoms with E-state index in [4.69, 9.17) is 4.74 Å². The van der Waals surface area contributed by atoms with Gasteiger partial charge in [0.05, 0.1) is 22.3 Å². The first kappa shape index (κ1) is 20.0. The highest BCUT2D eigenvalue weighted by Gasteiger charge is 2.66. The van der Waals surface area contributed by atoms with Gasteiger partial charge in [0, 0.05) is 6.07 Å². The summed E-state index contributed by atoms with van der Waals surface area (Å²) in [6.45, 7) is 2.43. The Labute approximate surface area is 141 Å². The van der Waals surface area contributed by atoms with Crippen molar-refractivity contribution >= 4 is 17.1 Å². The van der Waals surface area contributed by atoms with Gasteiger partial charge in [0.25, 0.3) is 11.5 Å². The fourth-order valence-electron chi connectivity index (χ4n) is 2.37. The van der Waals surface area contributed by atoms with Crippen molar-refractivity contribution in [1.82, 2.24) is 0 Å². The molecule has 0 radical (unpaired) electrons. The molecule has 1 atom stereocenters. The summed E-state index contributed by atoms with van der Waals surface area (Å²) in [4.78, 5) is 9.80. The molecular formula is C13H12F7N3O3. The number of hydrogen-bond donors (Lipinski definition) is 2. The lowest BCUT2D eigenvalue weighted by atomic mass is 10.1. The fourth-order valence-corrected chi connectivity index (χ4v) is 2.37. The monoisotopic (exact) mass is 391 g/mol. The van der Waals surface area contributed by atoms with Gasteiger partial charge in [-0.15, -0.1) is 0 Å². The molecule has 13 heteroatoms. The molecule has 1 heterocycles. The molecular weight excluding hydrogens is 379 g/mol. The molecule has 6 nitrogen and oxygen atoms in total. The van der Waals surface area contributed by atoms with E-state index in [-0.39, 0.29) is 6.07 Å². The Balaban J connectivity index is 2.66. The van der Waals surface area contributed by atoms with Crippen LogP contribution in [0.4, 0.5) is 47.8 Å². The summed E-state index contributed by atoms with van der Waals surface area (Å²) in [5, 5.41) is 14.5. The smallest absolute Gasteiger partial charge is 0.333 e. The van der Waals surface area contributed by atoms with E-state index in [0.29, 0.717) is 6.07 Å². The van der Waals surface area contributed by atoms with Gasteiger partial charge in [-0.1, -0.05) is 0 Å². The number of nitrogens with one attached hydrogen (secondary N) is 2. The number of halogens is 7. The van der Waals surface area contributed by atoms with Gasteiger partial charge in [-0.05, 0) is 19.9 Å². The van der Waals surface area contributed by atoms with E-state index in [0.717, 1.165) is 0 Å². The van der Waals surface area contributed by atoms with E-state index in [1.165, 1.54) is 13.8 Å². The lowest BCUT2D eigenvalue weighted by molar-refractivity contribution is -0.384. The third-order valence-electron chi connectivity index (χ3n) is 3.41. The molecule has 0 aliphatic carbocycles. The van der Waals surface area contributed by atoms with Gasteiger partial charge in [-0.25, -0.2) is 8.78 Å². The Morgan fingerprint density at radius 1 is 1.15 bits per heavy atom. The fraction of sp³-hybridized carbons (Fsp3) is 0.538. The van der Waals surface area contributed by atoms with Gasteiger partial charge >= 0.3 is 18.5 Å². The van der Waals surface area contributed by atoms with Gasteiger partial charge in [0.15, 0.2) is 0 Å². The molecule has 1 aliphatic rings. The first-order chi connectivity index (χ1) is 11.7. The van der Waals surface area contributed by atoms with E-state index in [1.807, 2.05) is 0 Å². The van der Waals surface area contributed by atoms with Gasteiger partial charge in [0.2, 0.25) is 0 Å². The number of hydrogen-bond acceptors (Lipinski definition) is 5. The quantitative estimate of drug-likeness (QED) is 0.441. The molecule has 0 aromatic heterocycles. The zero-order valence-corrected chi connectivity index (χ0v) is 13.1. The van der Waals surface area contributed by atoms with Crippen molar-refractivity contribution in [2.24, 2.45) is 0 Å². The van der Waals surface area contributed by atoms with Crippen LogP contribution < -0.4 is 10.6 Å². The third kappa shape index (κ3) is 3.22. The maximum absolute atomic E-state index is 14.1. The molecule has 0 spiro atoms. The van der Waals surface area contributed by atoms with Crippen molar-refractivity contribution in [3.63, 3.8) is 0 Å². The van der Waals surface area contributed by atoms with Crippen molar-refractivity contribution in [1.29, 1.82) is 0 Å². The number of fused-ring (bicyclic) bond motifs is 1. The van der Waals surface area contributed by atoms with Crippen LogP contribution in [-0.2, 0) is 10.9 Å². The molecule has 0 amide bonds. The highest BCUT2D eigenvalue weighted by Crippen LogP contribution is 2.50. The second-order valence-corrected chi connectivity index (χ2v) is 5.69. The molecule has 0 saturated heterocycles. The molecule has 2 N–H and O–H groups in total. The summed E-state index contributed by atoms with van der Waals surface area (Å²) >= 11 is 0. The van der Waals surface area contributed by atoms with Crippen LogP contribution in [0, 0.1) is 10.1 Å². The van der Waals surface area contributed by atoms with E-state index >= 15 is 0 Å². The summed E-state index contributed by atoms with van der Waals surface area (Å²) in [5.74, 6) is -8.31. The second-order valence-electron chi connectivity index (χ2n) is 5.69. The Morgan fingerprint density at radius 3 is 2.15 bits per heavy atom. The summed E-state index contributed by atoms with van der Waals surface area (Å²) in [6, 6.07) is 0.405. The molecule has 1 aliphatic heterocycles. The molecule has 146 valence electrons. The minimum absolute atomic E-state index is 0.111. The predicted molar refractivity (Wildman–Crippen MR) is 75.2 cm³/mol. The van der Waals surface area contributed by atoms with Crippen molar-refractivity contribution in [2.45, 2.75) is 44.3 Å². The van der Waals surface area contributed by atoms with E-state index in [1.54, 1.807) is 10.6 Å². The summed E-state index contributed by atoms with van der Waals surface area (Å²) in [7, 11) is 0. The van der Waals surface area contributed by atoms with E-state index < -0.39 is 58.0 Å². The van der Waals surface area contributed by atoms with Crippen LogP contribution in [0.3, 0.4) is 0 Å². The Hall–Kier alpha value is -2.31. The van der Waals surface area contributed by atoms with Crippen molar-refractivity contribution in [3.8, 4) is 0 Å². The SMILES string of the molecule is CC(C)OC1(C(F)(F)C(F)F)Nc2cc(C(F)(F)F)cc([N+](=O)[O-])c2N1. The van der Waals surface area contributed by atoms with Crippen LogP contribution in [-0.4, -0.2) is 29.2 Å². The highest BCUT2D eigenvalue weighted by atomic mass is 19.4. The molecule has 1 aromatic rings. The van der Waals surface area contributed by atoms with Gasteiger partial charge in [-0.2, -0.15) is 22.0 Å². The highest BCUT2D eigenvalue weighted by molar-refractivity contribution is 5.85. The van der Waals surface area contributed by atoms with Crippen LogP contribution in [0.25, 0.3) is 0 Å². The Morgan fingerprint density at radius 2 is 1.73 bits per heavy atom. The minimum Gasteiger partial charge on any atom is -0.333 e. The molecule has 0 saturated carbocycles. The largest absolute Gasteiger partial charge is 0.416 e. The van der Waals surface area contributed by atoms with E-state index in [2.05, 4.69) is 0 Å². The number of alkyl halides is 7. The maximum Gasteiger partial charge on any atom is 0.416 e. The molecule has 2 rings (SSSR count). The van der Waals surface area contributed by atoms with Crippen LogP contribution in [0.5, 0.6) is 0 Å². The number of nitrogens with zero attached hydrogens (tertiary/aromatic N) is 1. The topological polar surface area (TPSA) is 76.4 Å². The zero-order valence-electron chi connectivity index (χ0n) is 13.1.